The highest BCUT2D eigenvalue weighted by Gasteiger charge is 2.29. The van der Waals surface area contributed by atoms with E-state index in [-0.39, 0.29) is 10.8 Å². The molecule has 21 heavy (non-hydrogen) atoms. The van der Waals surface area contributed by atoms with E-state index in [9.17, 15) is 4.39 Å². The summed E-state index contributed by atoms with van der Waals surface area (Å²) >= 11 is 5.86. The third-order valence-corrected chi connectivity index (χ3v) is 4.19. The Morgan fingerprint density at radius 3 is 2.43 bits per heavy atom. The first kappa shape index (κ1) is 14.4. The van der Waals surface area contributed by atoms with Crippen LogP contribution in [-0.4, -0.2) is 10.9 Å². The molecule has 1 saturated carbocycles. The van der Waals surface area contributed by atoms with Gasteiger partial charge in [-0.2, -0.15) is 0 Å². The zero-order chi connectivity index (χ0) is 14.8. The van der Waals surface area contributed by atoms with E-state index in [1.807, 2.05) is 24.3 Å². The molecule has 0 saturated heterocycles. The Morgan fingerprint density at radius 2 is 1.71 bits per heavy atom. The first-order valence-corrected chi connectivity index (χ1v) is 7.53. The van der Waals surface area contributed by atoms with E-state index in [0.717, 1.165) is 30.6 Å². The molecule has 2 aromatic rings. The third-order valence-electron chi connectivity index (χ3n) is 3.90. The molecule has 0 bridgehead atoms. The Kier molecular flexibility index (Phi) is 4.13. The van der Waals surface area contributed by atoms with Crippen LogP contribution in [0.3, 0.4) is 0 Å². The maximum Gasteiger partial charge on any atom is 0.146 e. The Labute approximate surface area is 129 Å². The average Bonchev–Trinajstić information content (AvgIpc) is 3.30. The maximum atomic E-state index is 14.1. The lowest BCUT2D eigenvalue weighted by atomic mass is 10.1. The van der Waals surface area contributed by atoms with Crippen molar-refractivity contribution >= 4 is 17.3 Å². The van der Waals surface area contributed by atoms with E-state index >= 15 is 0 Å². The Hall–Kier alpha value is -1.58. The minimum atomic E-state index is -0.314. The van der Waals surface area contributed by atoms with Gasteiger partial charge < -0.3 is 5.73 Å². The Balaban J connectivity index is 1.79. The van der Waals surface area contributed by atoms with E-state index in [1.165, 1.54) is 0 Å². The number of halogens is 2. The summed E-state index contributed by atoms with van der Waals surface area (Å²) in [7, 11) is 0. The molecule has 0 aliphatic heterocycles. The predicted octanol–water partition coefficient (Wildman–Crippen LogP) is 4.23. The number of anilines is 1. The smallest absolute Gasteiger partial charge is 0.146 e. The molecule has 0 unspecified atom stereocenters. The number of nitrogens with two attached hydrogens (primary N) is 1. The fourth-order valence-corrected chi connectivity index (χ4v) is 2.73. The second-order valence-electron chi connectivity index (χ2n) is 5.55. The van der Waals surface area contributed by atoms with Crippen molar-refractivity contribution in [1.82, 2.24) is 4.90 Å². The molecular formula is C17H18ClFN2. The van der Waals surface area contributed by atoms with Gasteiger partial charge >= 0.3 is 0 Å². The van der Waals surface area contributed by atoms with Crippen LogP contribution in [0.5, 0.6) is 0 Å². The van der Waals surface area contributed by atoms with Crippen LogP contribution in [0.15, 0.2) is 42.5 Å². The van der Waals surface area contributed by atoms with Gasteiger partial charge in [0, 0.05) is 30.4 Å². The summed E-state index contributed by atoms with van der Waals surface area (Å²) in [6, 6.07) is 13.5. The molecular weight excluding hydrogens is 287 g/mol. The molecule has 2 N–H and O–H groups in total. The molecule has 1 aliphatic carbocycles. The lowest BCUT2D eigenvalue weighted by molar-refractivity contribution is 0.243. The molecule has 110 valence electrons. The van der Waals surface area contributed by atoms with Gasteiger partial charge in [-0.3, -0.25) is 4.90 Å². The summed E-state index contributed by atoms with van der Waals surface area (Å²) in [5, 5.41) is 0.183. The number of nitrogen functional groups attached to an aromatic ring is 1. The quantitative estimate of drug-likeness (QED) is 0.838. The topological polar surface area (TPSA) is 29.3 Å². The van der Waals surface area contributed by atoms with Crippen molar-refractivity contribution in [3.05, 3.63) is 64.4 Å². The number of hydrogen-bond acceptors (Lipinski definition) is 2. The lowest BCUT2D eigenvalue weighted by Gasteiger charge is -2.23. The highest BCUT2D eigenvalue weighted by Crippen LogP contribution is 2.31. The molecule has 1 fully saturated rings. The van der Waals surface area contributed by atoms with Crippen LogP contribution >= 0.6 is 11.6 Å². The summed E-state index contributed by atoms with van der Waals surface area (Å²) in [6.07, 6.45) is 2.32. The molecule has 0 atom stereocenters. The van der Waals surface area contributed by atoms with Crippen LogP contribution in [0.1, 0.15) is 24.0 Å². The van der Waals surface area contributed by atoms with E-state index in [2.05, 4.69) is 4.90 Å². The summed E-state index contributed by atoms with van der Waals surface area (Å²) in [5.74, 6) is -0.314. The van der Waals surface area contributed by atoms with Crippen molar-refractivity contribution in [2.45, 2.75) is 32.0 Å². The van der Waals surface area contributed by atoms with Crippen LogP contribution in [0, 0.1) is 5.82 Å². The first-order valence-electron chi connectivity index (χ1n) is 7.15. The lowest BCUT2D eigenvalue weighted by Crippen LogP contribution is -2.26. The van der Waals surface area contributed by atoms with Gasteiger partial charge in [0.05, 0.1) is 5.02 Å². The second kappa shape index (κ2) is 6.04. The fraction of sp³-hybridized carbons (Fsp3) is 0.294. The third kappa shape index (κ3) is 3.36. The number of hydrogen-bond donors (Lipinski definition) is 1. The average molecular weight is 305 g/mol. The Bertz CT molecular complexity index is 640. The van der Waals surface area contributed by atoms with E-state index in [4.69, 9.17) is 17.3 Å². The molecule has 2 nitrogen and oxygen atoms in total. The minimum Gasteiger partial charge on any atom is -0.398 e. The van der Waals surface area contributed by atoms with Crippen LogP contribution in [0.25, 0.3) is 0 Å². The first-order chi connectivity index (χ1) is 10.1. The number of rotatable bonds is 5. The fourth-order valence-electron chi connectivity index (χ4n) is 2.54. The molecule has 4 heteroatoms. The summed E-state index contributed by atoms with van der Waals surface area (Å²) in [4.78, 5) is 2.28. The van der Waals surface area contributed by atoms with Gasteiger partial charge in [0.2, 0.25) is 0 Å². The molecule has 0 radical (unpaired) electrons. The minimum absolute atomic E-state index is 0.183. The molecule has 0 amide bonds. The van der Waals surface area contributed by atoms with Crippen molar-refractivity contribution in [2.24, 2.45) is 0 Å². The zero-order valence-electron chi connectivity index (χ0n) is 11.7. The molecule has 3 rings (SSSR count). The van der Waals surface area contributed by atoms with Crippen LogP contribution in [-0.2, 0) is 13.1 Å². The monoisotopic (exact) mass is 304 g/mol. The van der Waals surface area contributed by atoms with Gasteiger partial charge in [-0.15, -0.1) is 0 Å². The molecule has 0 aromatic heterocycles. The van der Waals surface area contributed by atoms with Gasteiger partial charge in [-0.05, 0) is 30.5 Å². The van der Waals surface area contributed by atoms with E-state index < -0.39 is 0 Å². The molecule has 1 aliphatic rings. The van der Waals surface area contributed by atoms with Crippen LogP contribution in [0.4, 0.5) is 10.1 Å². The van der Waals surface area contributed by atoms with Crippen LogP contribution < -0.4 is 5.73 Å². The van der Waals surface area contributed by atoms with Crippen molar-refractivity contribution in [3.63, 3.8) is 0 Å². The summed E-state index contributed by atoms with van der Waals surface area (Å²) < 4.78 is 14.1. The van der Waals surface area contributed by atoms with Crippen molar-refractivity contribution in [1.29, 1.82) is 0 Å². The summed E-state index contributed by atoms with van der Waals surface area (Å²) in [6.45, 7) is 1.30. The van der Waals surface area contributed by atoms with Gasteiger partial charge in [-0.25, -0.2) is 4.39 Å². The number of nitrogens with zero attached hydrogens (tertiary/aromatic N) is 1. The van der Waals surface area contributed by atoms with Gasteiger partial charge in [0.1, 0.15) is 5.82 Å². The largest absolute Gasteiger partial charge is 0.398 e. The van der Waals surface area contributed by atoms with Gasteiger partial charge in [0.15, 0.2) is 0 Å². The number of benzene rings is 2. The van der Waals surface area contributed by atoms with Crippen molar-refractivity contribution < 1.29 is 4.39 Å². The highest BCUT2D eigenvalue weighted by molar-refractivity contribution is 6.30. The Morgan fingerprint density at radius 1 is 1.05 bits per heavy atom. The molecule has 2 aromatic carbocycles. The van der Waals surface area contributed by atoms with Gasteiger partial charge in [-0.1, -0.05) is 41.9 Å². The van der Waals surface area contributed by atoms with E-state index in [0.29, 0.717) is 18.2 Å². The molecule has 0 spiro atoms. The standard InChI is InChI=1S/C17H18ClFN2/c18-15-6-3-5-13(17(15)19)11-21(14-8-9-14)10-12-4-1-2-7-16(12)20/h1-7,14H,8-11,20H2. The highest BCUT2D eigenvalue weighted by atomic mass is 35.5. The number of para-hydroxylation sites is 1. The molecule has 0 heterocycles. The summed E-state index contributed by atoms with van der Waals surface area (Å²) in [5.41, 5.74) is 8.53. The SMILES string of the molecule is Nc1ccccc1CN(Cc1cccc(Cl)c1F)C1CC1. The second-order valence-corrected chi connectivity index (χ2v) is 5.96. The van der Waals surface area contributed by atoms with Crippen molar-refractivity contribution in [2.75, 3.05) is 5.73 Å². The van der Waals surface area contributed by atoms with E-state index in [1.54, 1.807) is 18.2 Å². The van der Waals surface area contributed by atoms with Crippen LogP contribution in [0.2, 0.25) is 5.02 Å². The predicted molar refractivity (Wildman–Crippen MR) is 84.5 cm³/mol. The van der Waals surface area contributed by atoms with Gasteiger partial charge in [0.25, 0.3) is 0 Å². The maximum absolute atomic E-state index is 14.1. The normalized spacial score (nSPS) is 14.6. The van der Waals surface area contributed by atoms with Crippen molar-refractivity contribution in [3.8, 4) is 0 Å². The zero-order valence-corrected chi connectivity index (χ0v) is 12.5.